The molecule has 0 radical (unpaired) electrons. The second-order valence-corrected chi connectivity index (χ2v) is 8.22. The molecule has 2 aromatic carbocycles. The molecule has 9 heteroatoms. The maximum atomic E-state index is 12.5. The number of hydrogen-bond donors (Lipinski definition) is 2. The number of ether oxygens (including phenoxy) is 2. The molecule has 1 amide bonds. The van der Waals surface area contributed by atoms with Crippen LogP contribution in [0.3, 0.4) is 0 Å². The van der Waals surface area contributed by atoms with Crippen molar-refractivity contribution in [2.75, 3.05) is 49.7 Å². The quantitative estimate of drug-likeness (QED) is 0.487. The van der Waals surface area contributed by atoms with Crippen LogP contribution in [0, 0.1) is 0 Å². The number of carbonyl (C=O) groups excluding carboxylic acids is 1. The number of imidazole rings is 1. The van der Waals surface area contributed by atoms with Crippen LogP contribution in [0.15, 0.2) is 61.1 Å². The van der Waals surface area contributed by atoms with E-state index in [0.29, 0.717) is 30.3 Å². The molecule has 1 saturated heterocycles. The molecule has 0 aliphatic carbocycles. The lowest BCUT2D eigenvalue weighted by atomic mass is 10.1. The summed E-state index contributed by atoms with van der Waals surface area (Å²) in [4.78, 5) is 24.1. The molecule has 2 aliphatic heterocycles. The molecule has 0 atom stereocenters. The van der Waals surface area contributed by atoms with Crippen LogP contribution >= 0.6 is 0 Å². The van der Waals surface area contributed by atoms with Crippen LogP contribution in [0.25, 0.3) is 16.9 Å². The lowest BCUT2D eigenvalue weighted by Gasteiger charge is -2.28. The molecular weight excluding hydrogens is 432 g/mol. The second-order valence-electron chi connectivity index (χ2n) is 8.22. The summed E-state index contributed by atoms with van der Waals surface area (Å²) < 4.78 is 13.1. The Morgan fingerprint density at radius 3 is 2.74 bits per heavy atom. The summed E-state index contributed by atoms with van der Waals surface area (Å²) in [7, 11) is 0. The van der Waals surface area contributed by atoms with Crippen LogP contribution in [0.4, 0.5) is 17.2 Å². The normalized spacial score (nSPS) is 15.9. The van der Waals surface area contributed by atoms with Crippen molar-refractivity contribution in [1.82, 2.24) is 19.7 Å². The average molecular weight is 457 g/mol. The third-order valence-electron chi connectivity index (χ3n) is 6.05. The van der Waals surface area contributed by atoms with Crippen molar-refractivity contribution < 1.29 is 14.3 Å². The van der Waals surface area contributed by atoms with Gasteiger partial charge >= 0.3 is 0 Å². The van der Waals surface area contributed by atoms with E-state index in [1.54, 1.807) is 6.20 Å². The smallest absolute Gasteiger partial charge is 0.255 e. The number of carbonyl (C=O) groups is 1. The lowest BCUT2D eigenvalue weighted by Crippen LogP contribution is -2.36. The monoisotopic (exact) mass is 456 g/mol. The molecule has 2 N–H and O–H groups in total. The minimum atomic E-state index is -0.142. The number of nitrogens with one attached hydrogen (secondary N) is 2. The van der Waals surface area contributed by atoms with Crippen molar-refractivity contribution in [1.29, 1.82) is 0 Å². The third-order valence-corrected chi connectivity index (χ3v) is 6.05. The Balaban J connectivity index is 1.32. The number of morpholine rings is 1. The molecule has 0 spiro atoms. The number of rotatable bonds is 4. The fourth-order valence-electron chi connectivity index (χ4n) is 4.28. The summed E-state index contributed by atoms with van der Waals surface area (Å²) in [5, 5.41) is 6.27. The summed E-state index contributed by atoms with van der Waals surface area (Å²) in [5.41, 5.74) is 4.86. The van der Waals surface area contributed by atoms with Crippen molar-refractivity contribution in [3.8, 4) is 17.0 Å². The van der Waals surface area contributed by atoms with Gasteiger partial charge in [-0.05, 0) is 42.5 Å². The van der Waals surface area contributed by atoms with Crippen LogP contribution in [0.5, 0.6) is 5.75 Å². The molecule has 2 aliphatic rings. The van der Waals surface area contributed by atoms with Crippen molar-refractivity contribution in [3.63, 3.8) is 0 Å². The maximum Gasteiger partial charge on any atom is 0.255 e. The maximum absolute atomic E-state index is 12.5. The van der Waals surface area contributed by atoms with E-state index in [0.717, 1.165) is 48.9 Å². The molecule has 34 heavy (non-hydrogen) atoms. The minimum Gasteiger partial charge on any atom is -0.491 e. The van der Waals surface area contributed by atoms with Gasteiger partial charge in [0.25, 0.3) is 5.91 Å². The zero-order valence-electron chi connectivity index (χ0n) is 18.5. The molecule has 0 unspecified atom stereocenters. The minimum absolute atomic E-state index is 0.142. The van der Waals surface area contributed by atoms with E-state index in [1.165, 1.54) is 5.69 Å². The van der Waals surface area contributed by atoms with Crippen LogP contribution < -0.4 is 20.3 Å². The number of fused-ring (bicyclic) bond motifs is 2. The zero-order valence-corrected chi connectivity index (χ0v) is 18.5. The van der Waals surface area contributed by atoms with Gasteiger partial charge in [-0.1, -0.05) is 0 Å². The third kappa shape index (κ3) is 3.90. The van der Waals surface area contributed by atoms with Gasteiger partial charge in [-0.15, -0.1) is 0 Å². The van der Waals surface area contributed by atoms with Gasteiger partial charge in [0.2, 0.25) is 0 Å². The second kappa shape index (κ2) is 8.68. The van der Waals surface area contributed by atoms with Crippen LogP contribution in [0.2, 0.25) is 0 Å². The van der Waals surface area contributed by atoms with Gasteiger partial charge in [0.1, 0.15) is 12.4 Å². The zero-order chi connectivity index (χ0) is 22.9. The SMILES string of the molecule is O=C1NCCOc2ccc(-c3cn4ccnc4c(Nc4ccc(N5CCOCC5)cc4)n3)cc21. The summed E-state index contributed by atoms with van der Waals surface area (Å²) in [6, 6.07) is 13.9. The van der Waals surface area contributed by atoms with Gasteiger partial charge in [0.05, 0.1) is 31.0 Å². The standard InChI is InChI=1S/C25H24N6O3/c32-25-20-15-17(1-6-22(20)34-12-8-27-25)21-16-31-9-7-26-24(31)23(29-21)28-18-2-4-19(5-3-18)30-10-13-33-14-11-30/h1-7,9,15-16H,8,10-14H2,(H,27,32)(H,28,29). The molecule has 4 heterocycles. The Bertz CT molecular complexity index is 1340. The van der Waals surface area contributed by atoms with Crippen LogP contribution in [0.1, 0.15) is 10.4 Å². The van der Waals surface area contributed by atoms with Gasteiger partial charge in [-0.25, -0.2) is 9.97 Å². The largest absolute Gasteiger partial charge is 0.491 e. The van der Waals surface area contributed by atoms with Crippen LogP contribution in [-0.4, -0.2) is 59.7 Å². The number of nitrogens with zero attached hydrogens (tertiary/aromatic N) is 4. The van der Waals surface area contributed by atoms with E-state index < -0.39 is 0 Å². The van der Waals surface area contributed by atoms with Crippen LogP contribution in [-0.2, 0) is 4.74 Å². The average Bonchev–Trinajstić information content (AvgIpc) is 3.29. The predicted octanol–water partition coefficient (Wildman–Crippen LogP) is 3.10. The first-order valence-corrected chi connectivity index (χ1v) is 11.3. The van der Waals surface area contributed by atoms with Gasteiger partial charge in [-0.3, -0.25) is 4.79 Å². The van der Waals surface area contributed by atoms with Crippen molar-refractivity contribution >= 4 is 28.7 Å². The fraction of sp³-hybridized carbons (Fsp3) is 0.240. The van der Waals surface area contributed by atoms with Gasteiger partial charge in [-0.2, -0.15) is 0 Å². The molecule has 2 aromatic heterocycles. The fourth-order valence-corrected chi connectivity index (χ4v) is 4.28. The first kappa shape index (κ1) is 20.5. The van der Waals surface area contributed by atoms with E-state index in [-0.39, 0.29) is 5.91 Å². The van der Waals surface area contributed by atoms with E-state index in [2.05, 4.69) is 32.7 Å². The highest BCUT2D eigenvalue weighted by molar-refractivity contribution is 5.98. The summed E-state index contributed by atoms with van der Waals surface area (Å²) in [6.45, 7) is 4.25. The first-order chi connectivity index (χ1) is 16.7. The number of hydrogen-bond acceptors (Lipinski definition) is 7. The number of aromatic nitrogens is 3. The van der Waals surface area contributed by atoms with Crippen molar-refractivity contribution in [3.05, 3.63) is 66.6 Å². The van der Waals surface area contributed by atoms with E-state index >= 15 is 0 Å². The molecule has 0 saturated carbocycles. The van der Waals surface area contributed by atoms with Crippen molar-refractivity contribution in [2.45, 2.75) is 0 Å². The molecule has 172 valence electrons. The molecule has 4 aromatic rings. The molecule has 9 nitrogen and oxygen atoms in total. The van der Waals surface area contributed by atoms with Gasteiger partial charge in [0.15, 0.2) is 11.5 Å². The Labute approximate surface area is 196 Å². The molecular formula is C25H24N6O3. The van der Waals surface area contributed by atoms with E-state index in [9.17, 15) is 4.79 Å². The highest BCUT2D eigenvalue weighted by Crippen LogP contribution is 2.30. The summed E-state index contributed by atoms with van der Waals surface area (Å²) in [6.07, 6.45) is 5.53. The molecule has 1 fully saturated rings. The van der Waals surface area contributed by atoms with E-state index in [1.807, 2.05) is 47.1 Å². The number of benzene rings is 2. The highest BCUT2D eigenvalue weighted by Gasteiger charge is 2.18. The van der Waals surface area contributed by atoms with Gasteiger partial charge in [0, 0.05) is 48.6 Å². The Hall–Kier alpha value is -4.11. The summed E-state index contributed by atoms with van der Waals surface area (Å²) >= 11 is 0. The Morgan fingerprint density at radius 1 is 1.03 bits per heavy atom. The molecule has 6 rings (SSSR count). The lowest BCUT2D eigenvalue weighted by molar-refractivity contribution is 0.0957. The number of amides is 1. The van der Waals surface area contributed by atoms with Gasteiger partial charge < -0.3 is 29.4 Å². The Kier molecular flexibility index (Phi) is 5.23. The summed E-state index contributed by atoms with van der Waals surface area (Å²) in [5.74, 6) is 1.08. The first-order valence-electron chi connectivity index (χ1n) is 11.3. The predicted molar refractivity (Wildman–Crippen MR) is 129 cm³/mol. The topological polar surface area (TPSA) is 93.0 Å². The Morgan fingerprint density at radius 2 is 1.88 bits per heavy atom. The van der Waals surface area contributed by atoms with Crippen molar-refractivity contribution in [2.24, 2.45) is 0 Å². The van der Waals surface area contributed by atoms with E-state index in [4.69, 9.17) is 14.5 Å². The number of anilines is 3. The molecule has 0 bridgehead atoms. The highest BCUT2D eigenvalue weighted by atomic mass is 16.5.